The van der Waals surface area contributed by atoms with Gasteiger partial charge in [-0.25, -0.2) is 4.98 Å². The fourth-order valence-corrected chi connectivity index (χ4v) is 1.74. The number of rotatable bonds is 3. The lowest BCUT2D eigenvalue weighted by atomic mass is 10.2. The van der Waals surface area contributed by atoms with Gasteiger partial charge in [0.05, 0.1) is 25.1 Å². The van der Waals surface area contributed by atoms with Crippen LogP contribution in [0.3, 0.4) is 0 Å². The van der Waals surface area contributed by atoms with Crippen LogP contribution in [0.1, 0.15) is 13.8 Å². The standard InChI is InChI=1S/C13H19N3O2/c1-10(2)13(17)15-12-4-3-11(9-14-12)16-5-7-18-8-6-16/h3-4,9-10H,5-8H2,1-2H3,(H,14,15,17). The van der Waals surface area contributed by atoms with Crippen molar-refractivity contribution in [3.63, 3.8) is 0 Å². The van der Waals surface area contributed by atoms with Gasteiger partial charge in [0.25, 0.3) is 0 Å². The molecule has 2 rings (SSSR count). The molecular weight excluding hydrogens is 230 g/mol. The van der Waals surface area contributed by atoms with Crippen LogP contribution < -0.4 is 10.2 Å². The molecule has 1 fully saturated rings. The molecule has 1 N–H and O–H groups in total. The average molecular weight is 249 g/mol. The van der Waals surface area contributed by atoms with Gasteiger partial charge >= 0.3 is 0 Å². The van der Waals surface area contributed by atoms with Crippen molar-refractivity contribution < 1.29 is 9.53 Å². The third-order valence-electron chi connectivity index (χ3n) is 2.90. The third kappa shape index (κ3) is 3.20. The Balaban J connectivity index is 1.98. The molecule has 18 heavy (non-hydrogen) atoms. The second-order valence-electron chi connectivity index (χ2n) is 4.65. The van der Waals surface area contributed by atoms with E-state index in [0.717, 1.165) is 32.0 Å². The number of morpholine rings is 1. The summed E-state index contributed by atoms with van der Waals surface area (Å²) in [7, 11) is 0. The summed E-state index contributed by atoms with van der Waals surface area (Å²) in [6, 6.07) is 3.82. The zero-order valence-electron chi connectivity index (χ0n) is 10.8. The summed E-state index contributed by atoms with van der Waals surface area (Å²) in [4.78, 5) is 18.0. The van der Waals surface area contributed by atoms with E-state index >= 15 is 0 Å². The highest BCUT2D eigenvalue weighted by Gasteiger charge is 2.12. The maximum atomic E-state index is 11.5. The number of carbonyl (C=O) groups is 1. The summed E-state index contributed by atoms with van der Waals surface area (Å²) < 4.78 is 5.30. The number of carbonyl (C=O) groups excluding carboxylic acids is 1. The number of aromatic nitrogens is 1. The Morgan fingerprint density at radius 3 is 2.67 bits per heavy atom. The Labute approximate surface area is 107 Å². The summed E-state index contributed by atoms with van der Waals surface area (Å²) in [5, 5.41) is 2.78. The van der Waals surface area contributed by atoms with E-state index in [4.69, 9.17) is 4.74 Å². The summed E-state index contributed by atoms with van der Waals surface area (Å²) in [5.41, 5.74) is 1.07. The Hall–Kier alpha value is -1.62. The molecule has 1 aliphatic heterocycles. The number of amides is 1. The van der Waals surface area contributed by atoms with Crippen LogP contribution in [0.5, 0.6) is 0 Å². The van der Waals surface area contributed by atoms with Crippen LogP contribution in [0.4, 0.5) is 11.5 Å². The van der Waals surface area contributed by atoms with Crippen molar-refractivity contribution in [1.29, 1.82) is 0 Å². The highest BCUT2D eigenvalue weighted by molar-refractivity contribution is 5.91. The summed E-state index contributed by atoms with van der Waals surface area (Å²) in [6.45, 7) is 7.01. The lowest BCUT2D eigenvalue weighted by molar-refractivity contribution is -0.118. The normalized spacial score (nSPS) is 15.8. The number of hydrogen-bond donors (Lipinski definition) is 1. The zero-order valence-corrected chi connectivity index (χ0v) is 10.8. The number of hydrogen-bond acceptors (Lipinski definition) is 4. The van der Waals surface area contributed by atoms with Gasteiger partial charge in [-0.1, -0.05) is 13.8 Å². The first-order chi connectivity index (χ1) is 8.66. The predicted octanol–water partition coefficient (Wildman–Crippen LogP) is 1.51. The van der Waals surface area contributed by atoms with Gasteiger partial charge in [-0.2, -0.15) is 0 Å². The Morgan fingerprint density at radius 1 is 1.39 bits per heavy atom. The van der Waals surface area contributed by atoms with E-state index in [9.17, 15) is 4.79 Å². The lowest BCUT2D eigenvalue weighted by Gasteiger charge is -2.28. The van der Waals surface area contributed by atoms with Gasteiger partial charge < -0.3 is 15.0 Å². The molecule has 0 saturated carbocycles. The van der Waals surface area contributed by atoms with E-state index in [0.29, 0.717) is 5.82 Å². The highest BCUT2D eigenvalue weighted by atomic mass is 16.5. The Morgan fingerprint density at radius 2 is 2.11 bits per heavy atom. The van der Waals surface area contributed by atoms with Gasteiger partial charge in [-0.3, -0.25) is 4.79 Å². The summed E-state index contributed by atoms with van der Waals surface area (Å²) >= 11 is 0. The molecule has 1 saturated heterocycles. The van der Waals surface area contributed by atoms with Gasteiger partial charge in [0, 0.05) is 19.0 Å². The molecule has 5 nitrogen and oxygen atoms in total. The molecule has 98 valence electrons. The van der Waals surface area contributed by atoms with Crippen molar-refractivity contribution >= 4 is 17.4 Å². The van der Waals surface area contributed by atoms with Crippen molar-refractivity contribution in [2.45, 2.75) is 13.8 Å². The topological polar surface area (TPSA) is 54.5 Å². The molecule has 1 amide bonds. The second-order valence-corrected chi connectivity index (χ2v) is 4.65. The molecule has 0 radical (unpaired) electrons. The van der Waals surface area contributed by atoms with Crippen LogP contribution in [0.25, 0.3) is 0 Å². The van der Waals surface area contributed by atoms with Crippen LogP contribution >= 0.6 is 0 Å². The first-order valence-electron chi connectivity index (χ1n) is 6.26. The number of nitrogens with one attached hydrogen (secondary N) is 1. The fraction of sp³-hybridized carbons (Fsp3) is 0.538. The van der Waals surface area contributed by atoms with Crippen molar-refractivity contribution in [1.82, 2.24) is 4.98 Å². The van der Waals surface area contributed by atoms with Gasteiger partial charge in [0.2, 0.25) is 5.91 Å². The van der Waals surface area contributed by atoms with Gasteiger partial charge in [0.1, 0.15) is 5.82 Å². The van der Waals surface area contributed by atoms with E-state index < -0.39 is 0 Å². The van der Waals surface area contributed by atoms with Crippen LogP contribution in [0, 0.1) is 5.92 Å². The molecule has 0 aliphatic carbocycles. The maximum absolute atomic E-state index is 11.5. The summed E-state index contributed by atoms with van der Waals surface area (Å²) in [5.74, 6) is 0.554. The van der Waals surface area contributed by atoms with E-state index in [2.05, 4.69) is 15.2 Å². The monoisotopic (exact) mass is 249 g/mol. The minimum atomic E-state index is -0.0364. The fourth-order valence-electron chi connectivity index (χ4n) is 1.74. The Kier molecular flexibility index (Phi) is 4.15. The Bertz CT molecular complexity index is 397. The van der Waals surface area contributed by atoms with E-state index in [1.165, 1.54) is 0 Å². The number of ether oxygens (including phenoxy) is 1. The molecule has 5 heteroatoms. The molecule has 0 spiro atoms. The van der Waals surface area contributed by atoms with Crippen molar-refractivity contribution in [2.24, 2.45) is 5.92 Å². The third-order valence-corrected chi connectivity index (χ3v) is 2.90. The minimum Gasteiger partial charge on any atom is -0.378 e. The highest BCUT2D eigenvalue weighted by Crippen LogP contribution is 2.16. The SMILES string of the molecule is CC(C)C(=O)Nc1ccc(N2CCOCC2)cn1. The summed E-state index contributed by atoms with van der Waals surface area (Å²) in [6.07, 6.45) is 1.79. The average Bonchev–Trinajstić information content (AvgIpc) is 2.40. The predicted molar refractivity (Wildman–Crippen MR) is 70.7 cm³/mol. The van der Waals surface area contributed by atoms with Crippen LogP contribution in [0.2, 0.25) is 0 Å². The van der Waals surface area contributed by atoms with Crippen molar-refractivity contribution in [3.05, 3.63) is 18.3 Å². The van der Waals surface area contributed by atoms with E-state index in [-0.39, 0.29) is 11.8 Å². The first kappa shape index (κ1) is 12.8. The molecule has 0 bridgehead atoms. The number of nitrogens with zero attached hydrogens (tertiary/aromatic N) is 2. The molecule has 0 aromatic carbocycles. The number of anilines is 2. The number of pyridine rings is 1. The van der Waals surface area contributed by atoms with Gasteiger partial charge in [-0.05, 0) is 12.1 Å². The largest absolute Gasteiger partial charge is 0.378 e. The minimum absolute atomic E-state index is 0.0124. The molecule has 0 unspecified atom stereocenters. The van der Waals surface area contributed by atoms with E-state index in [1.54, 1.807) is 6.20 Å². The quantitative estimate of drug-likeness (QED) is 0.882. The molecule has 1 aromatic rings. The smallest absolute Gasteiger partial charge is 0.228 e. The molecular formula is C13H19N3O2. The van der Waals surface area contributed by atoms with Crippen molar-refractivity contribution in [2.75, 3.05) is 36.5 Å². The molecule has 1 aromatic heterocycles. The van der Waals surface area contributed by atoms with Crippen LogP contribution in [-0.4, -0.2) is 37.2 Å². The first-order valence-corrected chi connectivity index (χ1v) is 6.26. The van der Waals surface area contributed by atoms with Crippen LogP contribution in [-0.2, 0) is 9.53 Å². The molecule has 1 aliphatic rings. The molecule has 2 heterocycles. The molecule has 0 atom stereocenters. The van der Waals surface area contributed by atoms with Gasteiger partial charge in [0.15, 0.2) is 0 Å². The van der Waals surface area contributed by atoms with Crippen LogP contribution in [0.15, 0.2) is 18.3 Å². The van der Waals surface area contributed by atoms with E-state index in [1.807, 2.05) is 26.0 Å². The maximum Gasteiger partial charge on any atom is 0.228 e. The lowest BCUT2D eigenvalue weighted by Crippen LogP contribution is -2.36. The van der Waals surface area contributed by atoms with Crippen molar-refractivity contribution in [3.8, 4) is 0 Å². The second kappa shape index (κ2) is 5.82. The van der Waals surface area contributed by atoms with Gasteiger partial charge in [-0.15, -0.1) is 0 Å². The zero-order chi connectivity index (χ0) is 13.0.